The van der Waals surface area contributed by atoms with Crippen molar-refractivity contribution in [2.75, 3.05) is 31.1 Å². The Kier molecular flexibility index (Phi) is 7.90. The van der Waals surface area contributed by atoms with Gasteiger partial charge in [-0.1, -0.05) is 44.4 Å². The Balaban J connectivity index is 1.90. The van der Waals surface area contributed by atoms with Gasteiger partial charge in [0.2, 0.25) is 5.91 Å². The predicted molar refractivity (Wildman–Crippen MR) is 103 cm³/mol. The predicted octanol–water partition coefficient (Wildman–Crippen LogP) is 4.99. The number of carbonyl (C=O) groups excluding carboxylic acids is 1. The van der Waals surface area contributed by atoms with E-state index in [-0.39, 0.29) is 5.92 Å². The van der Waals surface area contributed by atoms with E-state index in [9.17, 15) is 4.79 Å². The first-order valence-electron chi connectivity index (χ1n) is 9.45. The lowest BCUT2D eigenvalue weighted by molar-refractivity contribution is -0.136. The van der Waals surface area contributed by atoms with Crippen molar-refractivity contribution < 1.29 is 4.79 Å². The third kappa shape index (κ3) is 5.41. The molecule has 0 unspecified atom stereocenters. The first kappa shape index (κ1) is 19.1. The Bertz CT molecular complexity index is 504. The van der Waals surface area contributed by atoms with Gasteiger partial charge >= 0.3 is 0 Å². The molecule has 1 aliphatic rings. The number of nitrogens with zero attached hydrogens (tertiary/aromatic N) is 2. The molecule has 0 spiro atoms. The van der Waals surface area contributed by atoms with E-state index < -0.39 is 0 Å². The fourth-order valence-corrected chi connectivity index (χ4v) is 3.53. The Labute approximate surface area is 152 Å². The van der Waals surface area contributed by atoms with E-state index in [1.807, 2.05) is 18.2 Å². The van der Waals surface area contributed by atoms with Crippen LogP contribution in [0.15, 0.2) is 24.3 Å². The average molecular weight is 351 g/mol. The molecule has 0 bridgehead atoms. The van der Waals surface area contributed by atoms with E-state index in [4.69, 9.17) is 11.6 Å². The third-order valence-electron chi connectivity index (χ3n) is 4.89. The van der Waals surface area contributed by atoms with Crippen LogP contribution in [0.2, 0.25) is 5.02 Å². The second-order valence-electron chi connectivity index (χ2n) is 6.77. The van der Waals surface area contributed by atoms with Gasteiger partial charge in [0.25, 0.3) is 0 Å². The van der Waals surface area contributed by atoms with Gasteiger partial charge in [-0.15, -0.1) is 0 Å². The summed E-state index contributed by atoms with van der Waals surface area (Å²) in [7, 11) is 0. The summed E-state index contributed by atoms with van der Waals surface area (Å²) in [6.45, 7) is 8.09. The van der Waals surface area contributed by atoms with E-state index in [0.717, 1.165) is 69.7 Å². The molecule has 0 N–H and O–H groups in total. The number of amides is 1. The average Bonchev–Trinajstić information content (AvgIpc) is 2.61. The molecule has 0 atom stereocenters. The molecule has 1 fully saturated rings. The van der Waals surface area contributed by atoms with Crippen molar-refractivity contribution in [1.82, 2.24) is 4.90 Å². The van der Waals surface area contributed by atoms with Gasteiger partial charge in [-0.05, 0) is 43.9 Å². The van der Waals surface area contributed by atoms with Crippen LogP contribution in [0.3, 0.4) is 0 Å². The maximum Gasteiger partial charge on any atom is 0.225 e. The highest BCUT2D eigenvalue weighted by molar-refractivity contribution is 6.30. The molecule has 134 valence electrons. The number of halogens is 1. The molecule has 1 amide bonds. The Morgan fingerprint density at radius 1 is 1.17 bits per heavy atom. The van der Waals surface area contributed by atoms with Crippen LogP contribution in [0, 0.1) is 5.92 Å². The lowest BCUT2D eigenvalue weighted by Crippen LogP contribution is -2.43. The smallest absolute Gasteiger partial charge is 0.225 e. The zero-order valence-corrected chi connectivity index (χ0v) is 15.9. The molecule has 1 aliphatic heterocycles. The minimum atomic E-state index is 0.189. The number of carbonyl (C=O) groups is 1. The summed E-state index contributed by atoms with van der Waals surface area (Å²) in [4.78, 5) is 17.4. The lowest BCUT2D eigenvalue weighted by atomic mass is 9.94. The number of anilines is 1. The summed E-state index contributed by atoms with van der Waals surface area (Å²) in [5.74, 6) is 0.566. The molecule has 4 heteroatoms. The lowest BCUT2D eigenvalue weighted by Gasteiger charge is -2.35. The van der Waals surface area contributed by atoms with E-state index >= 15 is 0 Å². The summed E-state index contributed by atoms with van der Waals surface area (Å²) < 4.78 is 0. The summed E-state index contributed by atoms with van der Waals surface area (Å²) in [6, 6.07) is 8.01. The highest BCUT2D eigenvalue weighted by Crippen LogP contribution is 2.26. The minimum absolute atomic E-state index is 0.189. The molecule has 0 aromatic heterocycles. The van der Waals surface area contributed by atoms with Crippen molar-refractivity contribution >= 4 is 23.2 Å². The second-order valence-corrected chi connectivity index (χ2v) is 7.21. The van der Waals surface area contributed by atoms with Crippen molar-refractivity contribution in [2.24, 2.45) is 5.92 Å². The molecule has 1 saturated heterocycles. The van der Waals surface area contributed by atoms with E-state index in [0.29, 0.717) is 5.91 Å². The largest absolute Gasteiger partial charge is 0.371 e. The molecular weight excluding hydrogens is 320 g/mol. The van der Waals surface area contributed by atoms with Crippen LogP contribution >= 0.6 is 11.6 Å². The first-order valence-corrected chi connectivity index (χ1v) is 9.82. The number of benzene rings is 1. The zero-order valence-electron chi connectivity index (χ0n) is 15.1. The van der Waals surface area contributed by atoms with Gasteiger partial charge in [0.15, 0.2) is 0 Å². The quantitative estimate of drug-likeness (QED) is 0.659. The van der Waals surface area contributed by atoms with Crippen LogP contribution in [0.4, 0.5) is 5.69 Å². The number of rotatable bonds is 8. The first-order chi connectivity index (χ1) is 11.7. The van der Waals surface area contributed by atoms with Crippen LogP contribution in [0.1, 0.15) is 52.4 Å². The maximum atomic E-state index is 12.9. The molecule has 1 aromatic carbocycles. The molecule has 0 radical (unpaired) electrons. The van der Waals surface area contributed by atoms with Crippen LogP contribution in [-0.4, -0.2) is 37.0 Å². The summed E-state index contributed by atoms with van der Waals surface area (Å²) >= 11 is 6.09. The van der Waals surface area contributed by atoms with Crippen molar-refractivity contribution in [3.63, 3.8) is 0 Å². The standard InChI is InChI=1S/C20H31ClN2O/c1-3-5-12-23(13-6-4-2)20(24)17-10-14-22(15-11-17)19-9-7-8-18(21)16-19/h7-9,16-17H,3-6,10-15H2,1-2H3. The van der Waals surface area contributed by atoms with Gasteiger partial charge in [-0.3, -0.25) is 4.79 Å². The summed E-state index contributed by atoms with van der Waals surface area (Å²) in [5.41, 5.74) is 1.17. The topological polar surface area (TPSA) is 23.6 Å². The minimum Gasteiger partial charge on any atom is -0.371 e. The zero-order chi connectivity index (χ0) is 17.4. The van der Waals surface area contributed by atoms with Crippen molar-refractivity contribution in [2.45, 2.75) is 52.4 Å². The highest BCUT2D eigenvalue weighted by atomic mass is 35.5. The van der Waals surface area contributed by atoms with Crippen molar-refractivity contribution in [3.05, 3.63) is 29.3 Å². The monoisotopic (exact) mass is 350 g/mol. The fourth-order valence-electron chi connectivity index (χ4n) is 3.35. The fraction of sp³-hybridized carbons (Fsp3) is 0.650. The van der Waals surface area contributed by atoms with Crippen LogP contribution in [0.5, 0.6) is 0 Å². The molecule has 2 rings (SSSR count). The van der Waals surface area contributed by atoms with Gasteiger partial charge in [-0.2, -0.15) is 0 Å². The van der Waals surface area contributed by atoms with Gasteiger partial charge < -0.3 is 9.80 Å². The molecule has 1 aromatic rings. The summed E-state index contributed by atoms with van der Waals surface area (Å²) in [6.07, 6.45) is 6.39. The number of unbranched alkanes of at least 4 members (excludes halogenated alkanes) is 2. The Hall–Kier alpha value is -1.22. The molecular formula is C20H31ClN2O. The number of piperidine rings is 1. The molecule has 0 saturated carbocycles. The van der Waals surface area contributed by atoms with E-state index in [2.05, 4.69) is 29.7 Å². The SMILES string of the molecule is CCCCN(CCCC)C(=O)C1CCN(c2cccc(Cl)c2)CC1. The Morgan fingerprint density at radius 3 is 2.33 bits per heavy atom. The van der Waals surface area contributed by atoms with E-state index in [1.165, 1.54) is 5.69 Å². The third-order valence-corrected chi connectivity index (χ3v) is 5.13. The molecule has 0 aliphatic carbocycles. The van der Waals surface area contributed by atoms with Gasteiger partial charge in [-0.25, -0.2) is 0 Å². The summed E-state index contributed by atoms with van der Waals surface area (Å²) in [5, 5.41) is 0.774. The number of hydrogen-bond acceptors (Lipinski definition) is 2. The van der Waals surface area contributed by atoms with Gasteiger partial charge in [0, 0.05) is 42.8 Å². The molecule has 24 heavy (non-hydrogen) atoms. The van der Waals surface area contributed by atoms with Crippen LogP contribution < -0.4 is 4.90 Å². The molecule has 1 heterocycles. The van der Waals surface area contributed by atoms with Crippen LogP contribution in [0.25, 0.3) is 0 Å². The highest BCUT2D eigenvalue weighted by Gasteiger charge is 2.28. The van der Waals surface area contributed by atoms with Gasteiger partial charge in [0.1, 0.15) is 0 Å². The number of hydrogen-bond donors (Lipinski definition) is 0. The second kappa shape index (κ2) is 9.93. The van der Waals surface area contributed by atoms with Crippen molar-refractivity contribution in [1.29, 1.82) is 0 Å². The molecule has 3 nitrogen and oxygen atoms in total. The normalized spacial score (nSPS) is 15.5. The Morgan fingerprint density at radius 2 is 1.79 bits per heavy atom. The van der Waals surface area contributed by atoms with Crippen molar-refractivity contribution in [3.8, 4) is 0 Å². The maximum absolute atomic E-state index is 12.9. The van der Waals surface area contributed by atoms with Gasteiger partial charge in [0.05, 0.1) is 0 Å². The van der Waals surface area contributed by atoms with Crippen LogP contribution in [-0.2, 0) is 4.79 Å². The van der Waals surface area contributed by atoms with E-state index in [1.54, 1.807) is 0 Å².